The third kappa shape index (κ3) is 7.46. The van der Waals surface area contributed by atoms with E-state index in [4.69, 9.17) is 18.9 Å². The molecule has 50 heavy (non-hydrogen) atoms. The van der Waals surface area contributed by atoms with Gasteiger partial charge in [-0.1, -0.05) is 0 Å². The predicted molar refractivity (Wildman–Crippen MR) is 189 cm³/mol. The molecule has 1 unspecified atom stereocenters. The molecule has 3 amide bonds. The number of aliphatic hydroxyl groups excluding tert-OH is 1. The van der Waals surface area contributed by atoms with E-state index >= 15 is 0 Å². The highest BCUT2D eigenvalue weighted by Gasteiger charge is 2.37. The van der Waals surface area contributed by atoms with Crippen molar-refractivity contribution in [3.8, 4) is 23.0 Å². The number of fused-ring (bicyclic) bond motifs is 4. The third-order valence-corrected chi connectivity index (χ3v) is 12.9. The number of benzene rings is 2. The monoisotopic (exact) mass is 713 g/mol. The molecule has 14 nitrogen and oxygen atoms in total. The molecular formula is C35H48N5O9P. The summed E-state index contributed by atoms with van der Waals surface area (Å²) in [6.07, 6.45) is 3.94. The van der Waals surface area contributed by atoms with Gasteiger partial charge in [-0.05, 0) is 37.8 Å². The summed E-state index contributed by atoms with van der Waals surface area (Å²) in [5.41, 5.74) is 2.50. The van der Waals surface area contributed by atoms with Gasteiger partial charge in [-0.2, -0.15) is 0 Å². The van der Waals surface area contributed by atoms with Gasteiger partial charge < -0.3 is 54.0 Å². The number of nitrogens with zero attached hydrogens (tertiary/aromatic N) is 3. The van der Waals surface area contributed by atoms with Gasteiger partial charge in [0.1, 0.15) is 7.14 Å². The molecule has 0 bridgehead atoms. The summed E-state index contributed by atoms with van der Waals surface area (Å²) in [7, 11) is 1.86. The van der Waals surface area contributed by atoms with Gasteiger partial charge in [0.05, 0.1) is 62.8 Å². The number of aliphatic hydroxyl groups is 1. The second-order valence-electron chi connectivity index (χ2n) is 13.4. The average molecular weight is 714 g/mol. The molecule has 4 heterocycles. The maximum absolute atomic E-state index is 14.3. The Kier molecular flexibility index (Phi) is 11.0. The molecule has 0 aliphatic carbocycles. The van der Waals surface area contributed by atoms with Crippen LogP contribution in [0.25, 0.3) is 0 Å². The lowest BCUT2D eigenvalue weighted by atomic mass is 10.1. The number of likely N-dealkylation sites (N-methyl/N-ethyl adjacent to an activating group) is 1. The van der Waals surface area contributed by atoms with Crippen molar-refractivity contribution in [3.05, 3.63) is 35.4 Å². The SMILES string of the molecule is COc1cc2c(cc1OCCP(=O)(CCOc1cc3c(cc1OC)C(=O)N1CCC[C@H]1CN3C)CNC(=O)CCO)NC[C@@H]1CCCN1C2=O. The lowest BCUT2D eigenvalue weighted by Gasteiger charge is -2.24. The maximum Gasteiger partial charge on any atom is 0.256 e. The molecule has 2 aromatic rings. The summed E-state index contributed by atoms with van der Waals surface area (Å²) in [5.74, 6) is 1.18. The number of nitrogens with one attached hydrogen (secondary N) is 2. The summed E-state index contributed by atoms with van der Waals surface area (Å²) >= 11 is 0. The molecule has 3 atom stereocenters. The quantitative estimate of drug-likeness (QED) is 0.247. The first-order chi connectivity index (χ1) is 24.1. The number of ether oxygens (including phenoxy) is 4. The predicted octanol–water partition coefficient (Wildman–Crippen LogP) is 3.07. The fourth-order valence-electron chi connectivity index (χ4n) is 7.36. The van der Waals surface area contributed by atoms with Crippen LogP contribution in [0.3, 0.4) is 0 Å². The van der Waals surface area contributed by atoms with Crippen molar-refractivity contribution in [1.82, 2.24) is 15.1 Å². The summed E-state index contributed by atoms with van der Waals surface area (Å²) in [4.78, 5) is 44.9. The third-order valence-electron chi connectivity index (χ3n) is 10.2. The molecule has 0 saturated carbocycles. The van der Waals surface area contributed by atoms with Gasteiger partial charge in [-0.15, -0.1) is 0 Å². The van der Waals surface area contributed by atoms with Crippen LogP contribution in [0.1, 0.15) is 52.8 Å². The Bertz CT molecular complexity index is 1650. The van der Waals surface area contributed by atoms with Gasteiger partial charge in [-0.3, -0.25) is 14.4 Å². The van der Waals surface area contributed by atoms with Gasteiger partial charge in [0.2, 0.25) is 5.91 Å². The van der Waals surface area contributed by atoms with Gasteiger partial charge in [0.15, 0.2) is 23.0 Å². The van der Waals surface area contributed by atoms with E-state index in [-0.39, 0.29) is 68.7 Å². The minimum absolute atomic E-state index is 0.0198. The number of carbonyl (C=O) groups is 3. The van der Waals surface area contributed by atoms with Crippen molar-refractivity contribution in [2.45, 2.75) is 44.2 Å². The van der Waals surface area contributed by atoms with Crippen LogP contribution in [0, 0.1) is 0 Å². The Labute approximate surface area is 292 Å². The van der Waals surface area contributed by atoms with Crippen molar-refractivity contribution >= 4 is 36.2 Å². The van der Waals surface area contributed by atoms with Gasteiger partial charge in [-0.25, -0.2) is 0 Å². The summed E-state index contributed by atoms with van der Waals surface area (Å²) < 4.78 is 37.8. The zero-order chi connectivity index (χ0) is 35.4. The van der Waals surface area contributed by atoms with Crippen LogP contribution in [0.2, 0.25) is 0 Å². The Morgan fingerprint density at radius 3 is 2.16 bits per heavy atom. The fourth-order valence-corrected chi connectivity index (χ4v) is 9.21. The van der Waals surface area contributed by atoms with Crippen LogP contribution in [0.4, 0.5) is 11.4 Å². The van der Waals surface area contributed by atoms with Crippen molar-refractivity contribution in [2.24, 2.45) is 0 Å². The second kappa shape index (κ2) is 15.4. The van der Waals surface area contributed by atoms with Crippen LogP contribution in [0.15, 0.2) is 24.3 Å². The van der Waals surface area contributed by atoms with Gasteiger partial charge >= 0.3 is 0 Å². The molecule has 0 spiro atoms. The fraction of sp³-hybridized carbons (Fsp3) is 0.571. The number of carbonyl (C=O) groups excluding carboxylic acids is 3. The lowest BCUT2D eigenvalue weighted by Crippen LogP contribution is -2.38. The highest BCUT2D eigenvalue weighted by molar-refractivity contribution is 7.63. The molecule has 3 N–H and O–H groups in total. The van der Waals surface area contributed by atoms with E-state index < -0.39 is 13.0 Å². The van der Waals surface area contributed by atoms with E-state index in [0.717, 1.165) is 44.5 Å². The van der Waals surface area contributed by atoms with Crippen LogP contribution >= 0.6 is 7.14 Å². The van der Waals surface area contributed by atoms with Crippen molar-refractivity contribution in [3.63, 3.8) is 0 Å². The Morgan fingerprint density at radius 1 is 0.900 bits per heavy atom. The maximum atomic E-state index is 14.3. The smallest absolute Gasteiger partial charge is 0.256 e. The van der Waals surface area contributed by atoms with Crippen LogP contribution < -0.4 is 34.5 Å². The number of rotatable bonds is 14. The van der Waals surface area contributed by atoms with Gasteiger partial charge in [0.25, 0.3) is 11.8 Å². The van der Waals surface area contributed by atoms with E-state index in [0.29, 0.717) is 52.9 Å². The molecule has 2 saturated heterocycles. The topological polar surface area (TPSA) is 159 Å². The number of hydrogen-bond donors (Lipinski definition) is 3. The molecule has 4 aliphatic rings. The molecule has 2 aromatic carbocycles. The van der Waals surface area contributed by atoms with Gasteiger partial charge in [0, 0.05) is 76.2 Å². The number of methoxy groups -OCH3 is 2. The summed E-state index contributed by atoms with van der Waals surface area (Å²) in [6.45, 7) is 2.62. The minimum Gasteiger partial charge on any atom is -0.493 e. The van der Waals surface area contributed by atoms with Crippen LogP contribution in [0.5, 0.6) is 23.0 Å². The standard InChI is InChI=1S/C35H48N5O9P/c1-38-21-24-7-5-10-40(24)35(44)26-17-30(47-3)32(19-28(26)38)49-13-15-50(45,22-37-33(42)8-11-41)14-12-48-31-18-27-25(16-29(31)46-2)34(43)39-9-4-6-23(39)20-36-27/h16-19,23-24,36,41H,4-15,20-22H2,1-3H3,(H,37,42)/t23-,24-,50?/m0/s1. The molecule has 0 aromatic heterocycles. The lowest BCUT2D eigenvalue weighted by molar-refractivity contribution is -0.121. The molecule has 4 aliphatic heterocycles. The van der Waals surface area contributed by atoms with Crippen LogP contribution in [-0.2, 0) is 9.36 Å². The van der Waals surface area contributed by atoms with E-state index in [1.165, 1.54) is 14.2 Å². The zero-order valence-corrected chi connectivity index (χ0v) is 30.0. The first-order valence-corrected chi connectivity index (χ1v) is 19.6. The second-order valence-corrected chi connectivity index (χ2v) is 16.7. The normalized spacial score (nSPS) is 20.8. The van der Waals surface area contributed by atoms with Crippen molar-refractivity contribution in [2.75, 3.05) is 96.1 Å². The average Bonchev–Trinajstić information content (AvgIpc) is 3.74. The van der Waals surface area contributed by atoms with E-state index in [2.05, 4.69) is 15.5 Å². The number of amides is 3. The summed E-state index contributed by atoms with van der Waals surface area (Å²) in [6, 6.07) is 7.26. The Hall–Kier alpha value is -4.16. The van der Waals surface area contributed by atoms with Crippen molar-refractivity contribution in [1.29, 1.82) is 0 Å². The Balaban J connectivity index is 1.15. The number of anilines is 2. The minimum atomic E-state index is -3.13. The Morgan fingerprint density at radius 2 is 1.50 bits per heavy atom. The molecule has 0 radical (unpaired) electrons. The van der Waals surface area contributed by atoms with E-state index in [1.54, 1.807) is 24.3 Å². The highest BCUT2D eigenvalue weighted by Crippen LogP contribution is 2.45. The van der Waals surface area contributed by atoms with Crippen LogP contribution in [-0.4, -0.2) is 131 Å². The molecule has 15 heteroatoms. The molecule has 2 fully saturated rings. The highest BCUT2D eigenvalue weighted by atomic mass is 31.2. The largest absolute Gasteiger partial charge is 0.493 e. The van der Waals surface area contributed by atoms with Crippen molar-refractivity contribution < 1.29 is 43.0 Å². The first kappa shape index (κ1) is 35.7. The molecular weight excluding hydrogens is 665 g/mol. The summed E-state index contributed by atoms with van der Waals surface area (Å²) in [5, 5.41) is 15.3. The first-order valence-electron chi connectivity index (χ1n) is 17.4. The molecule has 6 rings (SSSR count). The molecule has 272 valence electrons. The van der Waals surface area contributed by atoms with E-state index in [9.17, 15) is 24.1 Å². The zero-order valence-electron chi connectivity index (χ0n) is 29.1. The van der Waals surface area contributed by atoms with E-state index in [1.807, 2.05) is 16.8 Å². The number of hydrogen-bond acceptors (Lipinski definition) is 11.